The van der Waals surface area contributed by atoms with Crippen LogP contribution in [0.5, 0.6) is 0 Å². The zero-order valence-corrected chi connectivity index (χ0v) is 35.4. The van der Waals surface area contributed by atoms with E-state index in [9.17, 15) is 34.1 Å². The van der Waals surface area contributed by atoms with E-state index in [1.165, 1.54) is 31.4 Å². The highest BCUT2D eigenvalue weighted by molar-refractivity contribution is 6.01. The molecule has 0 fully saturated rings. The number of nitrogens with one attached hydrogen (secondary N) is 2. The van der Waals surface area contributed by atoms with Crippen LogP contribution in [0.1, 0.15) is 97.8 Å². The lowest BCUT2D eigenvalue weighted by Gasteiger charge is -2.31. The second-order valence-corrected chi connectivity index (χ2v) is 14.3. The lowest BCUT2D eigenvalue weighted by atomic mass is 9.78. The van der Waals surface area contributed by atoms with E-state index in [4.69, 9.17) is 23.7 Å². The van der Waals surface area contributed by atoms with E-state index in [1.807, 2.05) is 24.3 Å². The van der Waals surface area contributed by atoms with Gasteiger partial charge in [0.25, 0.3) is 5.69 Å². The van der Waals surface area contributed by atoms with Gasteiger partial charge < -0.3 is 34.3 Å². The molecule has 0 aliphatic carbocycles. The maximum absolute atomic E-state index is 13.0. The molecule has 1 atom stereocenters. The summed E-state index contributed by atoms with van der Waals surface area (Å²) in [6, 6.07) is 13.1. The quantitative estimate of drug-likeness (QED) is 0.0732. The summed E-state index contributed by atoms with van der Waals surface area (Å²) < 4.78 is 26.0. The number of nitro benzene ring substituents is 1. The number of ether oxygens (including phenoxy) is 5. The minimum Gasteiger partial charge on any atom is -0.466 e. The van der Waals surface area contributed by atoms with Gasteiger partial charge in [0, 0.05) is 41.0 Å². The predicted molar refractivity (Wildman–Crippen MR) is 219 cm³/mol. The van der Waals surface area contributed by atoms with Gasteiger partial charge in [0.1, 0.15) is 5.60 Å². The van der Waals surface area contributed by atoms with Gasteiger partial charge in [-0.2, -0.15) is 0 Å². The molecule has 0 saturated heterocycles. The number of non-ortho nitro benzene ring substituents is 1. The van der Waals surface area contributed by atoms with E-state index < -0.39 is 52.2 Å². The Morgan fingerprint density at radius 2 is 1.15 bits per heavy atom. The van der Waals surface area contributed by atoms with Gasteiger partial charge >= 0.3 is 29.8 Å². The topological polar surface area (TPSA) is 199 Å². The standard InChI is InChI=1S/C26H33NO6.C18H20N2O6/c1-8-31-24(29)21-16(3)27-17(4)22(25(30)32-9-2)23(21)19-13-11-10-12-18(19)14-15-20(28)33-26(5,6)7;1-5-26-18(22)15-11(3)19-10(2)14(17(21)25-4)16(15)12-7-6-8-13(9-12)20(23)24/h10-15,23,27H,8-9H2,1-7H3;6-9,16,19H,5H2,1-4H3/b15-14+;. The predicted octanol–water partition coefficient (Wildman–Crippen LogP) is 6.97. The molecule has 0 amide bonds. The van der Waals surface area contributed by atoms with Gasteiger partial charge in [-0.15, -0.1) is 0 Å². The van der Waals surface area contributed by atoms with Gasteiger partial charge in [0.2, 0.25) is 0 Å². The molecule has 2 aliphatic heterocycles. The third-order valence-corrected chi connectivity index (χ3v) is 8.94. The molecule has 2 aromatic rings. The largest absolute Gasteiger partial charge is 0.466 e. The Labute approximate surface area is 344 Å². The molecule has 0 aromatic heterocycles. The zero-order valence-electron chi connectivity index (χ0n) is 35.4. The fourth-order valence-electron chi connectivity index (χ4n) is 6.69. The number of allylic oxidation sites excluding steroid dienone is 4. The molecule has 316 valence electrons. The number of methoxy groups -OCH3 is 1. The number of hydrogen-bond acceptors (Lipinski definition) is 14. The smallest absolute Gasteiger partial charge is 0.336 e. The van der Waals surface area contributed by atoms with E-state index in [0.717, 1.165) is 0 Å². The van der Waals surface area contributed by atoms with Gasteiger partial charge in [-0.25, -0.2) is 24.0 Å². The summed E-state index contributed by atoms with van der Waals surface area (Å²) in [5.74, 6) is -4.31. The summed E-state index contributed by atoms with van der Waals surface area (Å²) in [7, 11) is 1.24. The van der Waals surface area contributed by atoms with Crippen LogP contribution in [0.2, 0.25) is 0 Å². The fraction of sp³-hybridized carbons (Fsp3) is 0.386. The van der Waals surface area contributed by atoms with E-state index in [-0.39, 0.29) is 36.7 Å². The molecule has 4 rings (SSSR count). The van der Waals surface area contributed by atoms with Crippen molar-refractivity contribution in [2.45, 2.75) is 86.7 Å². The maximum atomic E-state index is 13.0. The summed E-state index contributed by atoms with van der Waals surface area (Å²) >= 11 is 0. The van der Waals surface area contributed by atoms with Crippen molar-refractivity contribution in [3.05, 3.63) is 126 Å². The van der Waals surface area contributed by atoms with Crippen molar-refractivity contribution in [2.24, 2.45) is 0 Å². The maximum Gasteiger partial charge on any atom is 0.336 e. The highest BCUT2D eigenvalue weighted by atomic mass is 16.6. The number of nitro groups is 1. The molecule has 0 saturated carbocycles. The van der Waals surface area contributed by atoms with Crippen LogP contribution in [0.4, 0.5) is 5.69 Å². The number of dihydropyridines is 2. The minimum atomic E-state index is -0.831. The second kappa shape index (κ2) is 20.8. The molecule has 1 unspecified atom stereocenters. The van der Waals surface area contributed by atoms with Gasteiger partial charge in [-0.1, -0.05) is 36.4 Å². The molecule has 2 heterocycles. The Kier molecular flexibility index (Phi) is 16.5. The van der Waals surface area contributed by atoms with Crippen LogP contribution in [0.15, 0.2) is 99.7 Å². The van der Waals surface area contributed by atoms with Crippen molar-refractivity contribution in [3.8, 4) is 0 Å². The monoisotopic (exact) mass is 815 g/mol. The number of esters is 5. The Balaban J connectivity index is 0.000000324. The van der Waals surface area contributed by atoms with E-state index in [0.29, 0.717) is 50.6 Å². The molecule has 59 heavy (non-hydrogen) atoms. The van der Waals surface area contributed by atoms with Gasteiger partial charge in [-0.3, -0.25) is 10.1 Å². The van der Waals surface area contributed by atoms with Gasteiger partial charge in [0.05, 0.1) is 66.0 Å². The van der Waals surface area contributed by atoms with Crippen LogP contribution in [-0.2, 0) is 47.7 Å². The van der Waals surface area contributed by atoms with Crippen molar-refractivity contribution in [2.75, 3.05) is 26.9 Å². The van der Waals surface area contributed by atoms with Gasteiger partial charge in [0.15, 0.2) is 0 Å². The third kappa shape index (κ3) is 11.8. The van der Waals surface area contributed by atoms with Gasteiger partial charge in [-0.05, 0) is 92.0 Å². The Morgan fingerprint density at radius 1 is 0.695 bits per heavy atom. The normalized spacial score (nSPS) is 15.7. The van der Waals surface area contributed by atoms with Crippen molar-refractivity contribution in [1.82, 2.24) is 10.6 Å². The molecule has 0 radical (unpaired) electrons. The molecule has 2 aromatic carbocycles. The Hall–Kier alpha value is -6.51. The van der Waals surface area contributed by atoms with Crippen molar-refractivity contribution in [3.63, 3.8) is 0 Å². The Morgan fingerprint density at radius 3 is 1.59 bits per heavy atom. The summed E-state index contributed by atoms with van der Waals surface area (Å²) in [6.45, 7) is 18.0. The molecule has 15 heteroatoms. The van der Waals surface area contributed by atoms with Crippen LogP contribution in [0.3, 0.4) is 0 Å². The molecule has 0 bridgehead atoms. The first kappa shape index (κ1) is 46.9. The number of hydrogen-bond donors (Lipinski definition) is 2. The number of nitrogens with zero attached hydrogens (tertiary/aromatic N) is 1. The molecule has 2 aliphatic rings. The van der Waals surface area contributed by atoms with Crippen molar-refractivity contribution < 1.29 is 52.6 Å². The summed E-state index contributed by atoms with van der Waals surface area (Å²) in [5.41, 5.74) is 4.31. The zero-order chi connectivity index (χ0) is 44.2. The minimum absolute atomic E-state index is 0.135. The van der Waals surface area contributed by atoms with Crippen molar-refractivity contribution in [1.29, 1.82) is 0 Å². The molecule has 2 N–H and O–H groups in total. The number of rotatable bonds is 12. The van der Waals surface area contributed by atoms with Crippen molar-refractivity contribution >= 4 is 41.6 Å². The number of carbonyl (C=O) groups is 5. The van der Waals surface area contributed by atoms with E-state index in [2.05, 4.69) is 10.6 Å². The second-order valence-electron chi connectivity index (χ2n) is 14.3. The van der Waals surface area contributed by atoms with E-state index in [1.54, 1.807) is 81.4 Å². The Bertz CT molecular complexity index is 2090. The van der Waals surface area contributed by atoms with Crippen LogP contribution in [0.25, 0.3) is 6.08 Å². The van der Waals surface area contributed by atoms with E-state index >= 15 is 0 Å². The highest BCUT2D eigenvalue weighted by Gasteiger charge is 2.40. The van der Waals surface area contributed by atoms with Crippen LogP contribution in [-0.4, -0.2) is 67.3 Å². The lowest BCUT2D eigenvalue weighted by Crippen LogP contribution is -2.32. The average Bonchev–Trinajstić information content (AvgIpc) is 3.16. The number of carbonyl (C=O) groups excluding carboxylic acids is 5. The first-order chi connectivity index (χ1) is 27.8. The van der Waals surface area contributed by atoms with Crippen LogP contribution >= 0.6 is 0 Å². The fourth-order valence-corrected chi connectivity index (χ4v) is 6.69. The molecule has 15 nitrogen and oxygen atoms in total. The summed E-state index contributed by atoms with van der Waals surface area (Å²) in [5, 5.41) is 17.3. The highest BCUT2D eigenvalue weighted by Crippen LogP contribution is 2.42. The number of benzene rings is 2. The van der Waals surface area contributed by atoms with Crippen LogP contribution < -0.4 is 10.6 Å². The summed E-state index contributed by atoms with van der Waals surface area (Å²) in [4.78, 5) is 73.7. The first-order valence-corrected chi connectivity index (χ1v) is 19.0. The lowest BCUT2D eigenvalue weighted by molar-refractivity contribution is -0.384. The SMILES string of the molecule is CCOC(=O)C1=C(C)NC(C)=C(C(=O)OC)C1c1cccc([N+](=O)[O-])c1.CCOC(=O)C1=C(C)NC(C)=C(C(=O)OCC)C1c1ccccc1/C=C/C(=O)OC(C)(C)C. The first-order valence-electron chi connectivity index (χ1n) is 19.0. The molecular formula is C44H53N3O12. The molecular weight excluding hydrogens is 762 g/mol. The molecule has 0 spiro atoms. The summed E-state index contributed by atoms with van der Waals surface area (Å²) in [6.07, 6.45) is 2.97. The third-order valence-electron chi connectivity index (χ3n) is 8.94. The van der Waals surface area contributed by atoms with Crippen LogP contribution in [0, 0.1) is 10.1 Å². The average molecular weight is 816 g/mol.